The molecule has 0 bridgehead atoms. The monoisotopic (exact) mass is 861 g/mol. The molecule has 0 aromatic carbocycles. The van der Waals surface area contributed by atoms with Crippen LogP contribution >= 0.6 is 0 Å². The standard InChI is InChI=1S/C51H88O10/c1-3-5-7-9-11-13-15-17-18-19-20-21-22-23-24-25-26-28-29-31-33-35-37-39-46(53)58-42-44(43-59-51-50(57)49(56)48(55)45(41-52)61-51)60-47(54)40-38-36-34-32-30-27-16-14-12-10-8-6-4-2/h6,8,12,14,19-20,27,30,34,36,44-45,48-52,55-57H,3-5,7,9-11,13,15-18,21-26,28-29,31-33,35,37-43H2,1-2H3/b8-6-,14-12-,20-19-,30-27-,36-34-. The van der Waals surface area contributed by atoms with Crippen LogP contribution in [-0.2, 0) is 28.5 Å². The first-order valence-electron chi connectivity index (χ1n) is 24.4. The normalized spacial score (nSPS) is 20.3. The average molecular weight is 861 g/mol. The third-order valence-corrected chi connectivity index (χ3v) is 10.9. The van der Waals surface area contributed by atoms with Gasteiger partial charge in [0, 0.05) is 12.8 Å². The number of carbonyl (C=O) groups excluding carboxylic acids is 2. The van der Waals surface area contributed by atoms with E-state index in [0.29, 0.717) is 12.8 Å². The van der Waals surface area contributed by atoms with Crippen molar-refractivity contribution in [2.45, 2.75) is 230 Å². The Balaban J connectivity index is 2.27. The predicted octanol–water partition coefficient (Wildman–Crippen LogP) is 11.0. The van der Waals surface area contributed by atoms with Crippen LogP contribution in [0.25, 0.3) is 0 Å². The van der Waals surface area contributed by atoms with Crippen LogP contribution in [0.4, 0.5) is 0 Å². The number of esters is 2. The van der Waals surface area contributed by atoms with Crippen LogP contribution in [0.5, 0.6) is 0 Å². The summed E-state index contributed by atoms with van der Waals surface area (Å²) >= 11 is 0. The predicted molar refractivity (Wildman–Crippen MR) is 247 cm³/mol. The maximum Gasteiger partial charge on any atom is 0.306 e. The first-order chi connectivity index (χ1) is 29.8. The Labute approximate surface area is 370 Å². The van der Waals surface area contributed by atoms with Crippen LogP contribution < -0.4 is 0 Å². The van der Waals surface area contributed by atoms with Crippen molar-refractivity contribution in [1.29, 1.82) is 0 Å². The van der Waals surface area contributed by atoms with Crippen molar-refractivity contribution in [3.8, 4) is 0 Å². The van der Waals surface area contributed by atoms with E-state index < -0.39 is 55.4 Å². The van der Waals surface area contributed by atoms with Gasteiger partial charge in [0.2, 0.25) is 0 Å². The SMILES string of the molecule is CC/C=C\C/C=C\C/C=C\C/C=C\CCC(=O)OC(COC(=O)CCCCCCCCCCCCC/C=C\CCCCCCCCCC)COC1OC(CO)C(O)C(O)C1O. The van der Waals surface area contributed by atoms with Crippen LogP contribution in [0.2, 0.25) is 0 Å². The zero-order valence-electron chi connectivity index (χ0n) is 38.4. The van der Waals surface area contributed by atoms with Gasteiger partial charge in [0.05, 0.1) is 13.2 Å². The molecule has 10 heteroatoms. The van der Waals surface area contributed by atoms with Gasteiger partial charge in [-0.25, -0.2) is 0 Å². The lowest BCUT2D eigenvalue weighted by Gasteiger charge is -2.39. The summed E-state index contributed by atoms with van der Waals surface area (Å²) in [6.07, 6.45) is 44.0. The van der Waals surface area contributed by atoms with Crippen molar-refractivity contribution in [2.24, 2.45) is 0 Å². The van der Waals surface area contributed by atoms with E-state index in [1.165, 1.54) is 109 Å². The summed E-state index contributed by atoms with van der Waals surface area (Å²) < 4.78 is 22.1. The van der Waals surface area contributed by atoms with E-state index in [0.717, 1.165) is 44.9 Å². The van der Waals surface area contributed by atoms with Gasteiger partial charge >= 0.3 is 11.9 Å². The fourth-order valence-corrected chi connectivity index (χ4v) is 7.08. The van der Waals surface area contributed by atoms with Gasteiger partial charge in [0.15, 0.2) is 12.4 Å². The van der Waals surface area contributed by atoms with E-state index in [-0.39, 0.29) is 26.1 Å². The van der Waals surface area contributed by atoms with E-state index >= 15 is 0 Å². The summed E-state index contributed by atoms with van der Waals surface area (Å²) in [6, 6.07) is 0. The number of rotatable bonds is 40. The Morgan fingerprint density at radius 2 is 1.00 bits per heavy atom. The van der Waals surface area contributed by atoms with Crippen molar-refractivity contribution in [1.82, 2.24) is 0 Å². The van der Waals surface area contributed by atoms with E-state index in [2.05, 4.69) is 62.5 Å². The summed E-state index contributed by atoms with van der Waals surface area (Å²) in [4.78, 5) is 25.3. The summed E-state index contributed by atoms with van der Waals surface area (Å²) in [5, 5.41) is 40.1. The molecule has 0 spiro atoms. The second kappa shape index (κ2) is 41.4. The van der Waals surface area contributed by atoms with E-state index in [1.807, 2.05) is 12.2 Å². The van der Waals surface area contributed by atoms with Crippen LogP contribution in [0, 0.1) is 0 Å². The summed E-state index contributed by atoms with van der Waals surface area (Å²) in [7, 11) is 0. The van der Waals surface area contributed by atoms with Crippen LogP contribution in [-0.4, -0.2) is 89.0 Å². The number of hydrogen-bond acceptors (Lipinski definition) is 10. The molecule has 1 aliphatic heterocycles. The lowest BCUT2D eigenvalue weighted by molar-refractivity contribution is -0.305. The molecule has 10 nitrogen and oxygen atoms in total. The van der Waals surface area contributed by atoms with Crippen molar-refractivity contribution >= 4 is 11.9 Å². The number of hydrogen-bond donors (Lipinski definition) is 4. The molecule has 0 radical (unpaired) electrons. The number of aliphatic hydroxyl groups excluding tert-OH is 4. The molecule has 0 amide bonds. The van der Waals surface area contributed by atoms with Crippen LogP contribution in [0.3, 0.4) is 0 Å². The molecule has 0 aliphatic carbocycles. The molecule has 61 heavy (non-hydrogen) atoms. The maximum absolute atomic E-state index is 12.7. The summed E-state index contributed by atoms with van der Waals surface area (Å²) in [6.45, 7) is 3.24. The minimum atomic E-state index is -1.61. The van der Waals surface area contributed by atoms with Gasteiger partial charge in [-0.05, 0) is 64.2 Å². The lowest BCUT2D eigenvalue weighted by Crippen LogP contribution is -2.59. The van der Waals surface area contributed by atoms with Crippen LogP contribution in [0.15, 0.2) is 60.8 Å². The van der Waals surface area contributed by atoms with Gasteiger partial charge in [-0.3, -0.25) is 9.59 Å². The Morgan fingerprint density at radius 1 is 0.525 bits per heavy atom. The van der Waals surface area contributed by atoms with Gasteiger partial charge < -0.3 is 39.4 Å². The molecule has 0 aromatic rings. The molecule has 0 aromatic heterocycles. The summed E-state index contributed by atoms with van der Waals surface area (Å²) in [5.74, 6) is -0.902. The first-order valence-corrected chi connectivity index (χ1v) is 24.4. The molecule has 352 valence electrons. The van der Waals surface area contributed by atoms with E-state index in [1.54, 1.807) is 0 Å². The Hall–Kier alpha value is -2.60. The maximum atomic E-state index is 12.7. The highest BCUT2D eigenvalue weighted by atomic mass is 16.7. The smallest absolute Gasteiger partial charge is 0.306 e. The summed E-state index contributed by atoms with van der Waals surface area (Å²) in [5.41, 5.74) is 0. The van der Waals surface area contributed by atoms with Crippen molar-refractivity contribution in [3.63, 3.8) is 0 Å². The topological polar surface area (TPSA) is 152 Å². The highest BCUT2D eigenvalue weighted by Crippen LogP contribution is 2.22. The number of carbonyl (C=O) groups is 2. The van der Waals surface area contributed by atoms with Crippen LogP contribution in [0.1, 0.15) is 194 Å². The highest BCUT2D eigenvalue weighted by molar-refractivity contribution is 5.70. The minimum absolute atomic E-state index is 0.107. The van der Waals surface area contributed by atoms with Crippen molar-refractivity contribution in [3.05, 3.63) is 60.8 Å². The lowest BCUT2D eigenvalue weighted by atomic mass is 9.99. The van der Waals surface area contributed by atoms with E-state index in [4.69, 9.17) is 18.9 Å². The molecule has 4 N–H and O–H groups in total. The molecule has 0 saturated carbocycles. The highest BCUT2D eigenvalue weighted by Gasteiger charge is 2.44. The zero-order chi connectivity index (χ0) is 44.4. The zero-order valence-corrected chi connectivity index (χ0v) is 38.4. The third kappa shape index (κ3) is 32.7. The molecule has 6 unspecified atom stereocenters. The first kappa shape index (κ1) is 56.4. The number of ether oxygens (including phenoxy) is 4. The molecule has 1 fully saturated rings. The van der Waals surface area contributed by atoms with Gasteiger partial charge in [-0.2, -0.15) is 0 Å². The molecular weight excluding hydrogens is 773 g/mol. The third-order valence-electron chi connectivity index (χ3n) is 10.9. The second-order valence-electron chi connectivity index (χ2n) is 16.5. The molecular formula is C51H88O10. The molecule has 1 heterocycles. The Kier molecular flexibility index (Phi) is 38.3. The van der Waals surface area contributed by atoms with Crippen molar-refractivity contribution < 1.29 is 49.0 Å². The number of aliphatic hydroxyl groups is 4. The second-order valence-corrected chi connectivity index (χ2v) is 16.5. The molecule has 6 atom stereocenters. The Morgan fingerprint density at radius 3 is 1.52 bits per heavy atom. The average Bonchev–Trinajstić information content (AvgIpc) is 3.26. The molecule has 1 rings (SSSR count). The number of allylic oxidation sites excluding steroid dienone is 10. The fourth-order valence-electron chi connectivity index (χ4n) is 7.08. The Bertz CT molecular complexity index is 1180. The van der Waals surface area contributed by atoms with Gasteiger partial charge in [0.1, 0.15) is 31.0 Å². The van der Waals surface area contributed by atoms with Gasteiger partial charge in [0.25, 0.3) is 0 Å². The largest absolute Gasteiger partial charge is 0.462 e. The minimum Gasteiger partial charge on any atom is -0.462 e. The van der Waals surface area contributed by atoms with Gasteiger partial charge in [-0.1, -0.05) is 177 Å². The van der Waals surface area contributed by atoms with E-state index in [9.17, 15) is 30.0 Å². The molecule has 1 saturated heterocycles. The van der Waals surface area contributed by atoms with Gasteiger partial charge in [-0.15, -0.1) is 0 Å². The fraction of sp³-hybridized carbons (Fsp3) is 0.765. The molecule has 1 aliphatic rings. The number of unbranched alkanes of at least 4 members (excludes halogenated alkanes) is 19. The van der Waals surface area contributed by atoms with Crippen molar-refractivity contribution in [2.75, 3.05) is 19.8 Å². The quantitative estimate of drug-likeness (QED) is 0.0266.